The summed E-state index contributed by atoms with van der Waals surface area (Å²) < 4.78 is 0. The SMILES string of the molecule is CCN(Cc1ccccc1)C(=O)C1(C(=O)NCCc2ccccc2)CC1. The summed E-state index contributed by atoms with van der Waals surface area (Å²) in [6.45, 7) is 3.68. The van der Waals surface area contributed by atoms with E-state index < -0.39 is 5.41 Å². The summed E-state index contributed by atoms with van der Waals surface area (Å²) in [5.41, 5.74) is 1.42. The van der Waals surface area contributed by atoms with E-state index in [1.54, 1.807) is 4.90 Å². The van der Waals surface area contributed by atoms with Crippen molar-refractivity contribution in [2.24, 2.45) is 5.41 Å². The first-order valence-corrected chi connectivity index (χ1v) is 9.31. The molecule has 0 heterocycles. The Kier molecular flexibility index (Phi) is 5.71. The van der Waals surface area contributed by atoms with E-state index in [4.69, 9.17) is 0 Å². The molecule has 1 fully saturated rings. The highest BCUT2D eigenvalue weighted by molar-refractivity contribution is 6.07. The zero-order valence-corrected chi connectivity index (χ0v) is 15.3. The second kappa shape index (κ2) is 8.17. The van der Waals surface area contributed by atoms with E-state index in [0.29, 0.717) is 32.5 Å². The highest BCUT2D eigenvalue weighted by atomic mass is 16.2. The Morgan fingerprint density at radius 3 is 2.08 bits per heavy atom. The van der Waals surface area contributed by atoms with Gasteiger partial charge in [0, 0.05) is 19.6 Å². The van der Waals surface area contributed by atoms with Gasteiger partial charge in [0.05, 0.1) is 0 Å². The van der Waals surface area contributed by atoms with Gasteiger partial charge in [-0.3, -0.25) is 9.59 Å². The van der Waals surface area contributed by atoms with Crippen molar-refractivity contribution in [2.45, 2.75) is 32.7 Å². The van der Waals surface area contributed by atoms with Crippen molar-refractivity contribution in [2.75, 3.05) is 13.1 Å². The standard InChI is InChI=1S/C22H26N2O2/c1-2-24(17-19-11-7-4-8-12-19)21(26)22(14-15-22)20(25)23-16-13-18-9-5-3-6-10-18/h3-12H,2,13-17H2,1H3,(H,23,25). The van der Waals surface area contributed by atoms with Crippen LogP contribution in [0.3, 0.4) is 0 Å². The van der Waals surface area contributed by atoms with Gasteiger partial charge in [-0.1, -0.05) is 60.7 Å². The summed E-state index contributed by atoms with van der Waals surface area (Å²) in [4.78, 5) is 27.5. The van der Waals surface area contributed by atoms with Crippen LogP contribution in [-0.4, -0.2) is 29.8 Å². The van der Waals surface area contributed by atoms with Gasteiger partial charge in [-0.2, -0.15) is 0 Å². The van der Waals surface area contributed by atoms with Gasteiger partial charge in [0.15, 0.2) is 0 Å². The number of hydrogen-bond acceptors (Lipinski definition) is 2. The Bertz CT molecular complexity index is 739. The molecular weight excluding hydrogens is 324 g/mol. The van der Waals surface area contributed by atoms with Crippen LogP contribution in [0.5, 0.6) is 0 Å². The summed E-state index contributed by atoms with van der Waals surface area (Å²) in [5.74, 6) is -0.161. The molecule has 3 rings (SSSR count). The van der Waals surface area contributed by atoms with E-state index in [1.807, 2.05) is 67.6 Å². The molecule has 2 amide bonds. The predicted octanol–water partition coefficient (Wildman–Crippen LogP) is 3.17. The molecule has 0 unspecified atom stereocenters. The Morgan fingerprint density at radius 2 is 1.54 bits per heavy atom. The lowest BCUT2D eigenvalue weighted by atomic mass is 10.0. The molecule has 2 aromatic carbocycles. The van der Waals surface area contributed by atoms with Gasteiger partial charge in [-0.15, -0.1) is 0 Å². The first-order chi connectivity index (χ1) is 12.7. The van der Waals surface area contributed by atoms with Crippen LogP contribution in [0.15, 0.2) is 60.7 Å². The van der Waals surface area contributed by atoms with Crippen molar-refractivity contribution in [3.8, 4) is 0 Å². The highest BCUT2D eigenvalue weighted by Crippen LogP contribution is 2.47. The Balaban J connectivity index is 1.57. The van der Waals surface area contributed by atoms with Crippen molar-refractivity contribution in [1.29, 1.82) is 0 Å². The van der Waals surface area contributed by atoms with Crippen LogP contribution in [0.25, 0.3) is 0 Å². The van der Waals surface area contributed by atoms with E-state index in [9.17, 15) is 9.59 Å². The summed E-state index contributed by atoms with van der Waals surface area (Å²) >= 11 is 0. The quantitative estimate of drug-likeness (QED) is 0.744. The minimum absolute atomic E-state index is 0.0407. The smallest absolute Gasteiger partial charge is 0.238 e. The third kappa shape index (κ3) is 4.13. The molecule has 4 nitrogen and oxygen atoms in total. The van der Waals surface area contributed by atoms with E-state index in [0.717, 1.165) is 12.0 Å². The molecule has 0 atom stereocenters. The van der Waals surface area contributed by atoms with Crippen LogP contribution in [0.2, 0.25) is 0 Å². The number of carbonyl (C=O) groups excluding carboxylic acids is 2. The van der Waals surface area contributed by atoms with Gasteiger partial charge in [0.25, 0.3) is 0 Å². The maximum Gasteiger partial charge on any atom is 0.238 e. The molecule has 0 saturated heterocycles. The largest absolute Gasteiger partial charge is 0.355 e. The number of rotatable bonds is 8. The molecule has 26 heavy (non-hydrogen) atoms. The zero-order valence-electron chi connectivity index (χ0n) is 15.3. The van der Waals surface area contributed by atoms with Crippen LogP contribution in [0.4, 0.5) is 0 Å². The molecule has 0 aromatic heterocycles. The van der Waals surface area contributed by atoms with Gasteiger partial charge in [0.2, 0.25) is 11.8 Å². The summed E-state index contributed by atoms with van der Waals surface area (Å²) in [7, 11) is 0. The van der Waals surface area contributed by atoms with Crippen molar-refractivity contribution >= 4 is 11.8 Å². The van der Waals surface area contributed by atoms with E-state index in [1.165, 1.54) is 5.56 Å². The minimum atomic E-state index is -0.846. The van der Waals surface area contributed by atoms with E-state index >= 15 is 0 Å². The fraction of sp³-hybridized carbons (Fsp3) is 0.364. The summed E-state index contributed by atoms with van der Waals surface area (Å²) in [6.07, 6.45) is 2.07. The first kappa shape index (κ1) is 18.2. The lowest BCUT2D eigenvalue weighted by molar-refractivity contribution is -0.144. The molecule has 2 aromatic rings. The molecule has 1 N–H and O–H groups in total. The van der Waals surface area contributed by atoms with Gasteiger partial charge in [-0.05, 0) is 37.3 Å². The normalized spacial score (nSPS) is 14.5. The molecule has 1 saturated carbocycles. The zero-order chi connectivity index (χ0) is 18.4. The number of nitrogens with one attached hydrogen (secondary N) is 1. The number of amides is 2. The number of nitrogens with zero attached hydrogens (tertiary/aromatic N) is 1. The predicted molar refractivity (Wildman–Crippen MR) is 102 cm³/mol. The van der Waals surface area contributed by atoms with E-state index in [2.05, 4.69) is 5.32 Å². The van der Waals surface area contributed by atoms with Gasteiger partial charge >= 0.3 is 0 Å². The molecule has 0 aliphatic heterocycles. The number of benzene rings is 2. The maximum absolute atomic E-state index is 13.0. The van der Waals surface area contributed by atoms with Crippen LogP contribution < -0.4 is 5.32 Å². The monoisotopic (exact) mass is 350 g/mol. The van der Waals surface area contributed by atoms with Crippen molar-refractivity contribution in [3.63, 3.8) is 0 Å². The van der Waals surface area contributed by atoms with Crippen LogP contribution in [0, 0.1) is 5.41 Å². The van der Waals surface area contributed by atoms with Crippen LogP contribution in [-0.2, 0) is 22.6 Å². The molecule has 0 spiro atoms. The molecule has 4 heteroatoms. The van der Waals surface area contributed by atoms with Crippen molar-refractivity contribution < 1.29 is 9.59 Å². The first-order valence-electron chi connectivity index (χ1n) is 9.31. The third-order valence-electron chi connectivity index (χ3n) is 5.02. The van der Waals surface area contributed by atoms with Crippen LogP contribution in [0.1, 0.15) is 30.9 Å². The number of carbonyl (C=O) groups is 2. The average Bonchev–Trinajstić information content (AvgIpc) is 3.49. The number of hydrogen-bond donors (Lipinski definition) is 1. The van der Waals surface area contributed by atoms with Gasteiger partial charge in [0.1, 0.15) is 5.41 Å². The molecule has 1 aliphatic carbocycles. The van der Waals surface area contributed by atoms with E-state index in [-0.39, 0.29) is 11.8 Å². The molecular formula is C22H26N2O2. The van der Waals surface area contributed by atoms with Gasteiger partial charge < -0.3 is 10.2 Å². The highest BCUT2D eigenvalue weighted by Gasteiger charge is 2.57. The fourth-order valence-electron chi connectivity index (χ4n) is 3.23. The second-order valence-electron chi connectivity index (χ2n) is 6.88. The Morgan fingerprint density at radius 1 is 0.962 bits per heavy atom. The third-order valence-corrected chi connectivity index (χ3v) is 5.02. The maximum atomic E-state index is 13.0. The van der Waals surface area contributed by atoms with Crippen LogP contribution >= 0.6 is 0 Å². The molecule has 136 valence electrons. The van der Waals surface area contributed by atoms with Crippen molar-refractivity contribution in [1.82, 2.24) is 10.2 Å². The minimum Gasteiger partial charge on any atom is -0.355 e. The molecule has 1 aliphatic rings. The fourth-order valence-corrected chi connectivity index (χ4v) is 3.23. The summed E-state index contributed by atoms with van der Waals surface area (Å²) in [5, 5.41) is 2.97. The summed E-state index contributed by atoms with van der Waals surface area (Å²) in [6, 6.07) is 20.0. The lowest BCUT2D eigenvalue weighted by Gasteiger charge is -2.26. The lowest BCUT2D eigenvalue weighted by Crippen LogP contribution is -2.45. The molecule has 0 radical (unpaired) electrons. The Hall–Kier alpha value is -2.62. The second-order valence-corrected chi connectivity index (χ2v) is 6.88. The van der Waals surface area contributed by atoms with Crippen molar-refractivity contribution in [3.05, 3.63) is 71.8 Å². The topological polar surface area (TPSA) is 49.4 Å². The van der Waals surface area contributed by atoms with Gasteiger partial charge in [-0.25, -0.2) is 0 Å². The Labute approximate surface area is 155 Å². The average molecular weight is 350 g/mol. The molecule has 0 bridgehead atoms.